The van der Waals surface area contributed by atoms with Crippen LogP contribution in [0.3, 0.4) is 0 Å². The lowest BCUT2D eigenvalue weighted by Gasteiger charge is -2.27. The maximum Gasteiger partial charge on any atom is 0.296 e. The molecule has 10 heteroatoms. The Morgan fingerprint density at radius 1 is 1.05 bits per heavy atom. The summed E-state index contributed by atoms with van der Waals surface area (Å²) in [6.07, 6.45) is 4.44. The second-order valence-corrected chi connectivity index (χ2v) is 10.7. The Balaban J connectivity index is 1.08. The molecule has 1 aromatic carbocycles. The minimum atomic E-state index is -0.234. The fraction of sp³-hybridized carbons (Fsp3) is 0.344. The molecule has 0 bridgehead atoms. The number of carbonyl (C=O) groups is 2. The van der Waals surface area contributed by atoms with Crippen LogP contribution in [0.15, 0.2) is 55.0 Å². The predicted molar refractivity (Wildman–Crippen MR) is 160 cm³/mol. The SMILES string of the molecule is CC#CC(=O)NC1CCN(Cc2ccnc(C(=O)Cc3ccc(-c4cc5c(N6CCOCC6)ncnc5[nH]4)cc3)c2)C1. The number of nitrogens with one attached hydrogen (secondary N) is 2. The van der Waals surface area contributed by atoms with Crippen molar-refractivity contribution in [2.75, 3.05) is 44.3 Å². The summed E-state index contributed by atoms with van der Waals surface area (Å²) in [6, 6.07) is 14.0. The van der Waals surface area contributed by atoms with Crippen LogP contribution < -0.4 is 10.2 Å². The van der Waals surface area contributed by atoms with Crippen LogP contribution >= 0.6 is 0 Å². The molecule has 5 heterocycles. The normalized spacial score (nSPS) is 17.2. The third kappa shape index (κ3) is 6.33. The number of aromatic nitrogens is 4. The van der Waals surface area contributed by atoms with Crippen LogP contribution in [0.1, 0.15) is 35.0 Å². The van der Waals surface area contributed by atoms with E-state index in [0.29, 0.717) is 25.5 Å². The lowest BCUT2D eigenvalue weighted by atomic mass is 10.0. The highest BCUT2D eigenvalue weighted by molar-refractivity contribution is 5.96. The predicted octanol–water partition coefficient (Wildman–Crippen LogP) is 3.00. The Hall–Kier alpha value is -4.59. The first-order valence-corrected chi connectivity index (χ1v) is 14.2. The molecule has 4 aromatic rings. The van der Waals surface area contributed by atoms with Gasteiger partial charge in [-0.3, -0.25) is 19.5 Å². The molecule has 3 aromatic heterocycles. The zero-order chi connectivity index (χ0) is 28.9. The Kier molecular flexibility index (Phi) is 8.21. The van der Waals surface area contributed by atoms with Gasteiger partial charge in [0, 0.05) is 57.1 Å². The maximum atomic E-state index is 13.1. The van der Waals surface area contributed by atoms with Crippen LogP contribution in [-0.2, 0) is 22.5 Å². The molecule has 1 atom stereocenters. The van der Waals surface area contributed by atoms with Gasteiger partial charge in [-0.25, -0.2) is 9.97 Å². The van der Waals surface area contributed by atoms with Crippen LogP contribution in [0, 0.1) is 11.8 Å². The molecule has 214 valence electrons. The lowest BCUT2D eigenvalue weighted by molar-refractivity contribution is -0.116. The number of hydrogen-bond donors (Lipinski definition) is 2. The van der Waals surface area contributed by atoms with E-state index < -0.39 is 0 Å². The van der Waals surface area contributed by atoms with Gasteiger partial charge < -0.3 is 19.9 Å². The fourth-order valence-corrected chi connectivity index (χ4v) is 5.60. The largest absolute Gasteiger partial charge is 0.378 e. The number of amides is 1. The van der Waals surface area contributed by atoms with Crippen LogP contribution in [0.4, 0.5) is 5.82 Å². The number of morpholine rings is 1. The first-order chi connectivity index (χ1) is 20.6. The van der Waals surface area contributed by atoms with Gasteiger partial charge in [-0.2, -0.15) is 0 Å². The number of likely N-dealkylation sites (tertiary alicyclic amines) is 1. The number of ketones is 1. The summed E-state index contributed by atoms with van der Waals surface area (Å²) in [7, 11) is 0. The Morgan fingerprint density at radius 3 is 2.69 bits per heavy atom. The molecule has 2 aliphatic heterocycles. The highest BCUT2D eigenvalue weighted by atomic mass is 16.5. The Morgan fingerprint density at radius 2 is 1.88 bits per heavy atom. The molecule has 1 amide bonds. The van der Waals surface area contributed by atoms with Gasteiger partial charge in [-0.1, -0.05) is 30.2 Å². The van der Waals surface area contributed by atoms with Crippen molar-refractivity contribution in [3.63, 3.8) is 0 Å². The van der Waals surface area contributed by atoms with Gasteiger partial charge in [0.05, 0.1) is 18.6 Å². The van der Waals surface area contributed by atoms with Crippen LogP contribution in [0.25, 0.3) is 22.3 Å². The van der Waals surface area contributed by atoms with Crippen LogP contribution in [-0.4, -0.2) is 82.0 Å². The average molecular weight is 564 g/mol. The van der Waals surface area contributed by atoms with Crippen LogP contribution in [0.2, 0.25) is 0 Å². The number of fused-ring (bicyclic) bond motifs is 1. The molecule has 2 saturated heterocycles. The molecule has 0 aliphatic carbocycles. The molecular weight excluding hydrogens is 530 g/mol. The highest BCUT2D eigenvalue weighted by Crippen LogP contribution is 2.29. The Bertz CT molecular complexity index is 1650. The summed E-state index contributed by atoms with van der Waals surface area (Å²) >= 11 is 0. The van der Waals surface area contributed by atoms with E-state index in [1.807, 2.05) is 36.4 Å². The smallest absolute Gasteiger partial charge is 0.296 e. The van der Waals surface area contributed by atoms with Gasteiger partial charge in [-0.15, -0.1) is 0 Å². The van der Waals surface area contributed by atoms with Crippen molar-refractivity contribution >= 4 is 28.5 Å². The van der Waals surface area contributed by atoms with Crippen molar-refractivity contribution in [3.8, 4) is 23.1 Å². The van der Waals surface area contributed by atoms with E-state index in [9.17, 15) is 9.59 Å². The van der Waals surface area contributed by atoms with Crippen molar-refractivity contribution in [1.82, 2.24) is 30.2 Å². The van der Waals surface area contributed by atoms with Crippen molar-refractivity contribution < 1.29 is 14.3 Å². The van der Waals surface area contributed by atoms with E-state index >= 15 is 0 Å². The number of ether oxygens (including phenoxy) is 1. The second kappa shape index (κ2) is 12.5. The fourth-order valence-electron chi connectivity index (χ4n) is 5.60. The number of benzene rings is 1. The van der Waals surface area contributed by atoms with E-state index in [1.165, 1.54) is 0 Å². The molecule has 2 fully saturated rings. The quantitative estimate of drug-likeness (QED) is 0.248. The zero-order valence-corrected chi connectivity index (χ0v) is 23.6. The number of nitrogens with zero attached hydrogens (tertiary/aromatic N) is 5. The number of Topliss-reactive ketones (excluding diaryl/α,β-unsaturated/α-hetero) is 1. The minimum Gasteiger partial charge on any atom is -0.378 e. The molecule has 1 unspecified atom stereocenters. The monoisotopic (exact) mass is 563 g/mol. The van der Waals surface area contributed by atoms with E-state index in [-0.39, 0.29) is 24.2 Å². The third-order valence-corrected chi connectivity index (χ3v) is 7.71. The summed E-state index contributed by atoms with van der Waals surface area (Å²) in [5.74, 6) is 5.82. The molecule has 0 spiro atoms. The molecule has 2 N–H and O–H groups in total. The summed E-state index contributed by atoms with van der Waals surface area (Å²) < 4.78 is 5.49. The standard InChI is InChI=1S/C32H33N7O3/c1-2-3-30(41)36-25-9-11-38(20-25)19-23-8-10-33-28(16-23)29(40)17-22-4-6-24(7-5-22)27-18-26-31(37-27)34-21-35-32(26)39-12-14-42-15-13-39/h4-8,10,16,18,21,25H,9,11-15,17,19-20H2,1H3,(H,36,41)(H,34,35,37). The van der Waals surface area contributed by atoms with Crippen molar-refractivity contribution in [2.24, 2.45) is 0 Å². The second-order valence-electron chi connectivity index (χ2n) is 10.7. The maximum absolute atomic E-state index is 13.1. The number of carbonyl (C=O) groups excluding carboxylic acids is 2. The van der Waals surface area contributed by atoms with Gasteiger partial charge in [0.15, 0.2) is 5.78 Å². The van der Waals surface area contributed by atoms with E-state index in [4.69, 9.17) is 4.74 Å². The van der Waals surface area contributed by atoms with E-state index in [1.54, 1.807) is 19.4 Å². The molecule has 10 nitrogen and oxygen atoms in total. The van der Waals surface area contributed by atoms with Gasteiger partial charge in [-0.05, 0) is 54.2 Å². The lowest BCUT2D eigenvalue weighted by Crippen LogP contribution is -2.36. The summed E-state index contributed by atoms with van der Waals surface area (Å²) in [6.45, 7) is 6.98. The third-order valence-electron chi connectivity index (χ3n) is 7.71. The van der Waals surface area contributed by atoms with Gasteiger partial charge in [0.1, 0.15) is 23.5 Å². The molecule has 0 radical (unpaired) electrons. The topological polar surface area (TPSA) is 116 Å². The first kappa shape index (κ1) is 27.6. The van der Waals surface area contributed by atoms with E-state index in [0.717, 1.165) is 71.8 Å². The van der Waals surface area contributed by atoms with Gasteiger partial charge >= 0.3 is 0 Å². The van der Waals surface area contributed by atoms with E-state index in [2.05, 4.69) is 53.0 Å². The molecular formula is C32H33N7O3. The summed E-state index contributed by atoms with van der Waals surface area (Å²) in [5, 5.41) is 3.94. The first-order valence-electron chi connectivity index (χ1n) is 14.2. The number of anilines is 1. The average Bonchev–Trinajstić information content (AvgIpc) is 3.65. The molecule has 6 rings (SSSR count). The molecule has 0 saturated carbocycles. The van der Waals surface area contributed by atoms with Crippen LogP contribution in [0.5, 0.6) is 0 Å². The summed E-state index contributed by atoms with van der Waals surface area (Å²) in [4.78, 5) is 46.1. The molecule has 42 heavy (non-hydrogen) atoms. The van der Waals surface area contributed by atoms with Crippen molar-refractivity contribution in [1.29, 1.82) is 0 Å². The zero-order valence-electron chi connectivity index (χ0n) is 23.6. The van der Waals surface area contributed by atoms with Gasteiger partial charge in [0.2, 0.25) is 0 Å². The van der Waals surface area contributed by atoms with Crippen molar-refractivity contribution in [2.45, 2.75) is 32.4 Å². The van der Waals surface area contributed by atoms with Gasteiger partial charge in [0.25, 0.3) is 5.91 Å². The number of hydrogen-bond acceptors (Lipinski definition) is 8. The van der Waals surface area contributed by atoms with Crippen molar-refractivity contribution in [3.05, 3.63) is 71.8 Å². The number of rotatable bonds is 8. The minimum absolute atomic E-state index is 0.0228. The number of H-pyrrole nitrogens is 1. The Labute approximate surface area is 244 Å². The number of aromatic amines is 1. The molecule has 2 aliphatic rings. The summed E-state index contributed by atoms with van der Waals surface area (Å²) in [5.41, 5.74) is 5.18. The number of pyridine rings is 1. The highest BCUT2D eigenvalue weighted by Gasteiger charge is 2.24.